The Morgan fingerprint density at radius 1 is 1.00 bits per heavy atom. The summed E-state index contributed by atoms with van der Waals surface area (Å²) in [7, 11) is 3.29. The molecule has 0 fully saturated rings. The Kier molecular flexibility index (Phi) is 4.41. The number of benzene rings is 2. The van der Waals surface area contributed by atoms with Crippen LogP contribution in [0, 0.1) is 20.8 Å². The number of anilines is 1. The summed E-state index contributed by atoms with van der Waals surface area (Å²) >= 11 is 0. The first kappa shape index (κ1) is 18.2. The monoisotopic (exact) mass is 381 g/mol. The number of methoxy groups -OCH3 is 2. The molecule has 1 aliphatic heterocycles. The van der Waals surface area contributed by atoms with E-state index in [4.69, 9.17) is 18.6 Å². The summed E-state index contributed by atoms with van der Waals surface area (Å²) in [5.41, 5.74) is 4.66. The average molecular weight is 381 g/mol. The molecule has 2 aromatic carbocycles. The molecule has 1 aliphatic rings. The summed E-state index contributed by atoms with van der Waals surface area (Å²) in [6.07, 6.45) is 0. The van der Waals surface area contributed by atoms with Crippen molar-refractivity contribution in [1.29, 1.82) is 0 Å². The summed E-state index contributed by atoms with van der Waals surface area (Å²) in [4.78, 5) is 14.2. The van der Waals surface area contributed by atoms with Gasteiger partial charge in [0.25, 0.3) is 0 Å². The van der Waals surface area contributed by atoms with Crippen LogP contribution in [0.3, 0.4) is 0 Å². The fraction of sp³-hybridized carbons (Fsp3) is 0.318. The van der Waals surface area contributed by atoms with Crippen LogP contribution >= 0.6 is 0 Å². The number of fused-ring (bicyclic) bond motifs is 2. The van der Waals surface area contributed by atoms with Gasteiger partial charge in [0.15, 0.2) is 6.73 Å². The van der Waals surface area contributed by atoms with Gasteiger partial charge < -0.3 is 23.5 Å². The molecule has 0 amide bonds. The first-order chi connectivity index (χ1) is 13.4. The van der Waals surface area contributed by atoms with Crippen LogP contribution in [0.15, 0.2) is 33.5 Å². The Morgan fingerprint density at radius 3 is 2.50 bits per heavy atom. The van der Waals surface area contributed by atoms with Crippen molar-refractivity contribution < 1.29 is 18.6 Å². The maximum Gasteiger partial charge on any atom is 0.339 e. The van der Waals surface area contributed by atoms with Crippen molar-refractivity contribution >= 4 is 16.7 Å². The maximum atomic E-state index is 12.1. The molecule has 28 heavy (non-hydrogen) atoms. The molecule has 4 rings (SSSR count). The first-order valence-electron chi connectivity index (χ1n) is 9.10. The van der Waals surface area contributed by atoms with Crippen LogP contribution in [0.25, 0.3) is 11.0 Å². The van der Waals surface area contributed by atoms with E-state index in [1.165, 1.54) is 0 Å². The summed E-state index contributed by atoms with van der Waals surface area (Å²) < 4.78 is 22.5. The molecule has 0 N–H and O–H groups in total. The molecule has 1 aromatic heterocycles. The zero-order valence-corrected chi connectivity index (χ0v) is 16.7. The SMILES string of the molecule is COc1ccc(OC)c(N2COc3c(cc4c(C)c(C)c(=O)oc4c3C)C2)c1. The predicted molar refractivity (Wildman–Crippen MR) is 108 cm³/mol. The highest BCUT2D eigenvalue weighted by Gasteiger charge is 2.25. The van der Waals surface area contributed by atoms with E-state index >= 15 is 0 Å². The summed E-state index contributed by atoms with van der Waals surface area (Å²) in [5.74, 6) is 2.28. The van der Waals surface area contributed by atoms with E-state index in [1.54, 1.807) is 21.1 Å². The number of hydrogen-bond acceptors (Lipinski definition) is 6. The van der Waals surface area contributed by atoms with Crippen molar-refractivity contribution in [2.75, 3.05) is 25.9 Å². The minimum Gasteiger partial charge on any atom is -0.497 e. The summed E-state index contributed by atoms with van der Waals surface area (Å²) in [6, 6.07) is 7.75. The predicted octanol–water partition coefficient (Wildman–Crippen LogP) is 4.09. The van der Waals surface area contributed by atoms with Gasteiger partial charge in [0, 0.05) is 28.1 Å². The van der Waals surface area contributed by atoms with Crippen LogP contribution in [0.5, 0.6) is 17.2 Å². The first-order valence-corrected chi connectivity index (χ1v) is 9.10. The normalized spacial score (nSPS) is 13.2. The van der Waals surface area contributed by atoms with Gasteiger partial charge in [0.1, 0.15) is 22.8 Å². The maximum absolute atomic E-state index is 12.1. The molecule has 0 atom stereocenters. The Balaban J connectivity index is 1.83. The fourth-order valence-electron chi connectivity index (χ4n) is 3.70. The molecular weight excluding hydrogens is 358 g/mol. The highest BCUT2D eigenvalue weighted by atomic mass is 16.5. The Hall–Kier alpha value is -3.15. The van der Waals surface area contributed by atoms with Gasteiger partial charge in [-0.3, -0.25) is 0 Å². The second-order valence-corrected chi connectivity index (χ2v) is 7.02. The van der Waals surface area contributed by atoms with Gasteiger partial charge in [-0.05, 0) is 44.5 Å². The third kappa shape index (κ3) is 2.76. The van der Waals surface area contributed by atoms with E-state index in [9.17, 15) is 4.79 Å². The topological polar surface area (TPSA) is 61.1 Å². The Bertz CT molecular complexity index is 1130. The van der Waals surface area contributed by atoms with Crippen LogP contribution in [0.2, 0.25) is 0 Å². The highest BCUT2D eigenvalue weighted by Crippen LogP contribution is 2.40. The van der Waals surface area contributed by atoms with E-state index in [0.717, 1.165) is 45.0 Å². The quantitative estimate of drug-likeness (QED) is 0.637. The molecule has 0 bridgehead atoms. The van der Waals surface area contributed by atoms with Gasteiger partial charge in [-0.2, -0.15) is 0 Å². The molecule has 146 valence electrons. The van der Waals surface area contributed by atoms with Gasteiger partial charge in [-0.25, -0.2) is 4.79 Å². The molecule has 2 heterocycles. The van der Waals surface area contributed by atoms with E-state index in [-0.39, 0.29) is 5.63 Å². The van der Waals surface area contributed by atoms with Gasteiger partial charge >= 0.3 is 5.63 Å². The third-order valence-corrected chi connectivity index (χ3v) is 5.46. The fourth-order valence-corrected chi connectivity index (χ4v) is 3.70. The Labute approximate surface area is 163 Å². The van der Waals surface area contributed by atoms with Crippen molar-refractivity contribution in [2.24, 2.45) is 0 Å². The molecule has 0 saturated heterocycles. The van der Waals surface area contributed by atoms with Crippen molar-refractivity contribution in [2.45, 2.75) is 27.3 Å². The van der Waals surface area contributed by atoms with Gasteiger partial charge in [0.05, 0.1) is 26.5 Å². The van der Waals surface area contributed by atoms with Crippen LogP contribution in [0.1, 0.15) is 22.3 Å². The molecule has 6 heteroatoms. The summed E-state index contributed by atoms with van der Waals surface area (Å²) in [6.45, 7) is 6.68. The van der Waals surface area contributed by atoms with Crippen LogP contribution in [-0.4, -0.2) is 21.0 Å². The lowest BCUT2D eigenvalue weighted by molar-refractivity contribution is 0.285. The zero-order chi connectivity index (χ0) is 20.0. The number of aryl methyl sites for hydroxylation is 2. The van der Waals surface area contributed by atoms with Crippen molar-refractivity contribution in [3.8, 4) is 17.2 Å². The van der Waals surface area contributed by atoms with Crippen molar-refractivity contribution in [3.05, 3.63) is 56.9 Å². The van der Waals surface area contributed by atoms with E-state index in [2.05, 4.69) is 11.0 Å². The largest absolute Gasteiger partial charge is 0.497 e. The van der Waals surface area contributed by atoms with E-state index < -0.39 is 0 Å². The average Bonchev–Trinajstić information content (AvgIpc) is 2.72. The number of ether oxygens (including phenoxy) is 3. The smallest absolute Gasteiger partial charge is 0.339 e. The molecular formula is C22H23NO5. The van der Waals surface area contributed by atoms with Crippen LogP contribution < -0.4 is 24.7 Å². The van der Waals surface area contributed by atoms with Gasteiger partial charge in [-0.15, -0.1) is 0 Å². The minimum atomic E-state index is -0.299. The number of hydrogen-bond donors (Lipinski definition) is 0. The minimum absolute atomic E-state index is 0.299. The zero-order valence-electron chi connectivity index (χ0n) is 16.7. The van der Waals surface area contributed by atoms with Crippen LogP contribution in [0.4, 0.5) is 5.69 Å². The van der Waals surface area contributed by atoms with Gasteiger partial charge in [0.2, 0.25) is 0 Å². The second kappa shape index (κ2) is 6.78. The molecule has 6 nitrogen and oxygen atoms in total. The standard InChI is InChI=1S/C22H23NO5/c1-12-13(2)22(24)28-21-14(3)20-15(8-17(12)21)10-23(11-27-20)18-9-16(25-4)6-7-19(18)26-5/h6-9H,10-11H2,1-5H3. The molecule has 0 radical (unpaired) electrons. The van der Waals surface area contributed by atoms with E-state index in [0.29, 0.717) is 24.4 Å². The lowest BCUT2D eigenvalue weighted by Gasteiger charge is -2.33. The Morgan fingerprint density at radius 2 is 1.79 bits per heavy atom. The van der Waals surface area contributed by atoms with Crippen molar-refractivity contribution in [3.63, 3.8) is 0 Å². The molecule has 0 saturated carbocycles. The van der Waals surface area contributed by atoms with Crippen molar-refractivity contribution in [1.82, 2.24) is 0 Å². The van der Waals surface area contributed by atoms with Gasteiger partial charge in [-0.1, -0.05) is 0 Å². The highest BCUT2D eigenvalue weighted by molar-refractivity contribution is 5.87. The molecule has 0 aliphatic carbocycles. The second-order valence-electron chi connectivity index (χ2n) is 7.02. The molecule has 0 unspecified atom stereocenters. The van der Waals surface area contributed by atoms with E-state index in [1.807, 2.05) is 32.0 Å². The number of nitrogens with zero attached hydrogens (tertiary/aromatic N) is 1. The molecule has 3 aromatic rings. The third-order valence-electron chi connectivity index (χ3n) is 5.46. The van der Waals surface area contributed by atoms with Crippen LogP contribution in [-0.2, 0) is 6.54 Å². The lowest BCUT2D eigenvalue weighted by Crippen LogP contribution is -2.32. The molecule has 0 spiro atoms. The lowest BCUT2D eigenvalue weighted by atomic mass is 9.99. The summed E-state index contributed by atoms with van der Waals surface area (Å²) in [5, 5.41) is 0.941. The number of rotatable bonds is 3.